The van der Waals surface area contributed by atoms with E-state index in [0.29, 0.717) is 34.4 Å². The van der Waals surface area contributed by atoms with Crippen molar-refractivity contribution in [1.82, 2.24) is 4.90 Å². The molecule has 29 heavy (non-hydrogen) atoms. The van der Waals surface area contributed by atoms with Crippen molar-refractivity contribution < 1.29 is 22.4 Å². The molecular formula is C22H16F3NO2S. The van der Waals surface area contributed by atoms with Gasteiger partial charge in [0.2, 0.25) is 0 Å². The monoisotopic (exact) mass is 415 g/mol. The standard InChI is InChI=1S/C22H16F3NO2S/c23-22(24,25)17-8-4-7-16(11-17)19-10-9-18(28-19)12-20-21(27)26(14-29-20)13-15-5-2-1-3-6-15/h1-12H,13-14H2/b20-12-. The van der Waals surface area contributed by atoms with Crippen molar-refractivity contribution in [2.45, 2.75) is 12.7 Å². The van der Waals surface area contributed by atoms with Crippen LogP contribution in [0.2, 0.25) is 0 Å². The SMILES string of the molecule is O=C1/C(=C/c2ccc(-c3cccc(C(F)(F)F)c3)o2)SCN1Cc1ccccc1. The van der Waals surface area contributed by atoms with Gasteiger partial charge < -0.3 is 9.32 Å². The number of carbonyl (C=O) groups excluding carboxylic acids is 1. The molecule has 0 atom stereocenters. The van der Waals surface area contributed by atoms with Crippen LogP contribution in [-0.2, 0) is 17.5 Å². The van der Waals surface area contributed by atoms with E-state index in [4.69, 9.17) is 4.42 Å². The number of nitrogens with zero attached hydrogens (tertiary/aromatic N) is 1. The third-order valence-electron chi connectivity index (χ3n) is 4.46. The number of carbonyl (C=O) groups is 1. The van der Waals surface area contributed by atoms with Crippen LogP contribution < -0.4 is 0 Å². The fourth-order valence-electron chi connectivity index (χ4n) is 3.01. The molecule has 1 aliphatic rings. The van der Waals surface area contributed by atoms with Gasteiger partial charge >= 0.3 is 6.18 Å². The third-order valence-corrected chi connectivity index (χ3v) is 5.51. The van der Waals surface area contributed by atoms with E-state index in [1.807, 2.05) is 30.3 Å². The largest absolute Gasteiger partial charge is 0.457 e. The first kappa shape index (κ1) is 19.4. The van der Waals surface area contributed by atoms with Gasteiger partial charge in [0.15, 0.2) is 0 Å². The lowest BCUT2D eigenvalue weighted by atomic mass is 10.1. The van der Waals surface area contributed by atoms with Gasteiger partial charge in [0.05, 0.1) is 16.3 Å². The highest BCUT2D eigenvalue weighted by Crippen LogP contribution is 2.34. The van der Waals surface area contributed by atoms with Gasteiger partial charge in [-0.15, -0.1) is 0 Å². The molecule has 0 spiro atoms. The van der Waals surface area contributed by atoms with Gasteiger partial charge in [-0.25, -0.2) is 0 Å². The second-order valence-corrected chi connectivity index (χ2v) is 7.54. The minimum Gasteiger partial charge on any atom is -0.457 e. The zero-order valence-electron chi connectivity index (χ0n) is 15.1. The molecule has 1 aromatic heterocycles. The van der Waals surface area contributed by atoms with Crippen LogP contribution in [-0.4, -0.2) is 16.7 Å². The topological polar surface area (TPSA) is 33.5 Å². The Morgan fingerprint density at radius 2 is 1.83 bits per heavy atom. The van der Waals surface area contributed by atoms with Crippen molar-refractivity contribution in [3.05, 3.63) is 88.5 Å². The second kappa shape index (κ2) is 7.83. The van der Waals surface area contributed by atoms with Crippen LogP contribution in [0, 0.1) is 0 Å². The number of halogens is 3. The van der Waals surface area contributed by atoms with Gasteiger partial charge in [-0.05, 0) is 35.9 Å². The van der Waals surface area contributed by atoms with Gasteiger partial charge in [-0.2, -0.15) is 13.2 Å². The van der Waals surface area contributed by atoms with Crippen molar-refractivity contribution in [1.29, 1.82) is 0 Å². The second-order valence-electron chi connectivity index (χ2n) is 6.55. The molecule has 0 aliphatic carbocycles. The number of rotatable bonds is 4. The molecule has 1 saturated heterocycles. The van der Waals surface area contributed by atoms with Gasteiger partial charge in [0.25, 0.3) is 5.91 Å². The predicted molar refractivity (Wildman–Crippen MR) is 107 cm³/mol. The Morgan fingerprint density at radius 3 is 2.59 bits per heavy atom. The molecular weight excluding hydrogens is 399 g/mol. The quantitative estimate of drug-likeness (QED) is 0.487. The smallest absolute Gasteiger partial charge is 0.416 e. The van der Waals surface area contributed by atoms with Gasteiger partial charge in [0.1, 0.15) is 11.5 Å². The van der Waals surface area contributed by atoms with Crippen molar-refractivity contribution >= 4 is 23.7 Å². The van der Waals surface area contributed by atoms with E-state index in [2.05, 4.69) is 0 Å². The maximum absolute atomic E-state index is 12.9. The van der Waals surface area contributed by atoms with Gasteiger partial charge in [0, 0.05) is 12.1 Å². The molecule has 0 N–H and O–H groups in total. The molecule has 0 bridgehead atoms. The molecule has 2 heterocycles. The van der Waals surface area contributed by atoms with Crippen molar-refractivity contribution in [2.75, 3.05) is 5.88 Å². The Bertz CT molecular complexity index is 1060. The maximum atomic E-state index is 12.9. The first-order valence-corrected chi connectivity index (χ1v) is 9.84. The molecule has 0 unspecified atom stereocenters. The predicted octanol–water partition coefficient (Wildman–Crippen LogP) is 6.04. The van der Waals surface area contributed by atoms with E-state index in [-0.39, 0.29) is 5.91 Å². The number of thioether (sulfide) groups is 1. The van der Waals surface area contributed by atoms with Crippen LogP contribution in [0.3, 0.4) is 0 Å². The Balaban J connectivity index is 1.50. The number of amides is 1. The van der Waals surface area contributed by atoms with E-state index < -0.39 is 11.7 Å². The molecule has 4 rings (SSSR count). The summed E-state index contributed by atoms with van der Waals surface area (Å²) in [7, 11) is 0. The lowest BCUT2D eigenvalue weighted by Crippen LogP contribution is -2.24. The Kier molecular flexibility index (Phi) is 5.24. The highest BCUT2D eigenvalue weighted by atomic mass is 32.2. The van der Waals surface area contributed by atoms with Crippen LogP contribution in [0.5, 0.6) is 0 Å². The van der Waals surface area contributed by atoms with Crippen molar-refractivity contribution in [2.24, 2.45) is 0 Å². The average Bonchev–Trinajstić information content (AvgIpc) is 3.31. The highest BCUT2D eigenvalue weighted by Gasteiger charge is 2.31. The Hall–Kier alpha value is -2.93. The van der Waals surface area contributed by atoms with E-state index >= 15 is 0 Å². The number of hydrogen-bond donors (Lipinski definition) is 0. The van der Waals surface area contributed by atoms with E-state index in [1.165, 1.54) is 17.8 Å². The number of benzene rings is 2. The van der Waals surface area contributed by atoms with Gasteiger partial charge in [-0.1, -0.05) is 54.2 Å². The molecule has 0 radical (unpaired) electrons. The summed E-state index contributed by atoms with van der Waals surface area (Å²) < 4.78 is 44.4. The summed E-state index contributed by atoms with van der Waals surface area (Å²) in [5.74, 6) is 1.20. The van der Waals surface area contributed by atoms with Crippen LogP contribution >= 0.6 is 11.8 Å². The minimum atomic E-state index is -4.41. The van der Waals surface area contributed by atoms with Crippen molar-refractivity contribution in [3.63, 3.8) is 0 Å². The van der Waals surface area contributed by atoms with Crippen LogP contribution in [0.15, 0.2) is 76.1 Å². The third kappa shape index (κ3) is 4.40. The molecule has 3 aromatic rings. The van der Waals surface area contributed by atoms with E-state index in [1.54, 1.807) is 29.2 Å². The van der Waals surface area contributed by atoms with Crippen LogP contribution in [0.25, 0.3) is 17.4 Å². The van der Waals surface area contributed by atoms with Crippen LogP contribution in [0.1, 0.15) is 16.9 Å². The Labute approximate surface area is 169 Å². The molecule has 2 aromatic carbocycles. The molecule has 1 amide bonds. The lowest BCUT2D eigenvalue weighted by Gasteiger charge is -2.13. The average molecular weight is 415 g/mol. The fourth-order valence-corrected chi connectivity index (χ4v) is 3.97. The summed E-state index contributed by atoms with van der Waals surface area (Å²) in [5, 5.41) is 0. The molecule has 0 saturated carbocycles. The molecule has 148 valence electrons. The Morgan fingerprint density at radius 1 is 1.03 bits per heavy atom. The number of furan rings is 1. The van der Waals surface area contributed by atoms with E-state index in [0.717, 1.165) is 17.7 Å². The zero-order chi connectivity index (χ0) is 20.4. The number of hydrogen-bond acceptors (Lipinski definition) is 3. The molecule has 7 heteroatoms. The summed E-state index contributed by atoms with van der Waals surface area (Å²) in [6.45, 7) is 0.525. The summed E-state index contributed by atoms with van der Waals surface area (Å²) in [6.07, 6.45) is -2.78. The first-order chi connectivity index (χ1) is 13.9. The first-order valence-electron chi connectivity index (χ1n) is 8.85. The summed E-state index contributed by atoms with van der Waals surface area (Å²) in [5.41, 5.74) is 0.650. The normalized spacial score (nSPS) is 16.0. The van der Waals surface area contributed by atoms with E-state index in [9.17, 15) is 18.0 Å². The maximum Gasteiger partial charge on any atom is 0.416 e. The highest BCUT2D eigenvalue weighted by molar-refractivity contribution is 8.04. The lowest BCUT2D eigenvalue weighted by molar-refractivity contribution is -0.137. The molecule has 1 fully saturated rings. The van der Waals surface area contributed by atoms with Crippen LogP contribution in [0.4, 0.5) is 13.2 Å². The van der Waals surface area contributed by atoms with Gasteiger partial charge in [-0.3, -0.25) is 4.79 Å². The number of alkyl halides is 3. The summed E-state index contributed by atoms with van der Waals surface area (Å²) in [4.78, 5) is 14.9. The molecule has 1 aliphatic heterocycles. The summed E-state index contributed by atoms with van der Waals surface area (Å²) in [6, 6.07) is 17.9. The van der Waals surface area contributed by atoms with Crippen molar-refractivity contribution in [3.8, 4) is 11.3 Å². The fraction of sp³-hybridized carbons (Fsp3) is 0.136. The molecule has 3 nitrogen and oxygen atoms in total. The minimum absolute atomic E-state index is 0.0872. The zero-order valence-corrected chi connectivity index (χ0v) is 16.0. The summed E-state index contributed by atoms with van der Waals surface area (Å²) >= 11 is 1.41.